The highest BCUT2D eigenvalue weighted by atomic mass is 28.3. The van der Waals surface area contributed by atoms with Crippen LogP contribution in [0.4, 0.5) is 0 Å². The molecular weight excluding hydrogens is 228 g/mol. The second-order valence-corrected chi connectivity index (χ2v) is 12.8. The van der Waals surface area contributed by atoms with Crippen molar-refractivity contribution in [1.82, 2.24) is 0 Å². The minimum Gasteiger partial charge on any atom is -0.463 e. The van der Waals surface area contributed by atoms with Crippen LogP contribution >= 0.6 is 0 Å². The third kappa shape index (κ3) is 2.35. The SMILES string of the molecule is CC(C)(OC(=O)C1CC2C=CC1C2)[Si](C)(C)C. The van der Waals surface area contributed by atoms with E-state index in [0.29, 0.717) is 11.8 Å². The molecule has 3 unspecified atom stereocenters. The zero-order valence-corrected chi connectivity index (χ0v) is 12.6. The first-order valence-electron chi connectivity index (χ1n) is 6.62. The summed E-state index contributed by atoms with van der Waals surface area (Å²) >= 11 is 0. The Labute approximate surface area is 105 Å². The Kier molecular flexibility index (Phi) is 3.01. The van der Waals surface area contributed by atoms with Crippen molar-refractivity contribution in [2.24, 2.45) is 17.8 Å². The molecule has 2 aliphatic carbocycles. The summed E-state index contributed by atoms with van der Waals surface area (Å²) in [5.41, 5.74) is 0. The summed E-state index contributed by atoms with van der Waals surface area (Å²) in [6.45, 7) is 10.9. The summed E-state index contributed by atoms with van der Waals surface area (Å²) in [6.07, 6.45) is 6.63. The Morgan fingerprint density at radius 3 is 2.29 bits per heavy atom. The van der Waals surface area contributed by atoms with E-state index < -0.39 is 8.07 Å². The highest BCUT2D eigenvalue weighted by molar-refractivity contribution is 6.78. The van der Waals surface area contributed by atoms with Crippen LogP contribution in [0.5, 0.6) is 0 Å². The van der Waals surface area contributed by atoms with Crippen LogP contribution < -0.4 is 0 Å². The van der Waals surface area contributed by atoms with Gasteiger partial charge in [-0.05, 0) is 38.5 Å². The van der Waals surface area contributed by atoms with Crippen LogP contribution in [0.25, 0.3) is 0 Å². The van der Waals surface area contributed by atoms with E-state index in [-0.39, 0.29) is 17.1 Å². The molecule has 0 aromatic heterocycles. The predicted molar refractivity (Wildman–Crippen MR) is 72.4 cm³/mol. The van der Waals surface area contributed by atoms with Crippen molar-refractivity contribution in [1.29, 1.82) is 0 Å². The van der Waals surface area contributed by atoms with E-state index in [4.69, 9.17) is 4.74 Å². The summed E-state index contributed by atoms with van der Waals surface area (Å²) in [6, 6.07) is 0. The summed E-state index contributed by atoms with van der Waals surface area (Å²) in [4.78, 5) is 12.3. The highest BCUT2D eigenvalue weighted by Gasteiger charge is 2.45. The minimum atomic E-state index is -1.48. The molecular formula is C14H24O2Si. The molecule has 3 atom stereocenters. The van der Waals surface area contributed by atoms with E-state index in [9.17, 15) is 4.79 Å². The van der Waals surface area contributed by atoms with Gasteiger partial charge in [-0.2, -0.15) is 0 Å². The predicted octanol–water partition coefficient (Wildman–Crippen LogP) is 3.40. The van der Waals surface area contributed by atoms with Crippen molar-refractivity contribution in [2.75, 3.05) is 0 Å². The number of allylic oxidation sites excluding steroid dienone is 2. The van der Waals surface area contributed by atoms with Gasteiger partial charge < -0.3 is 4.74 Å². The number of rotatable bonds is 3. The van der Waals surface area contributed by atoms with Crippen molar-refractivity contribution < 1.29 is 9.53 Å². The van der Waals surface area contributed by atoms with Gasteiger partial charge >= 0.3 is 5.97 Å². The number of fused-ring (bicyclic) bond motifs is 2. The topological polar surface area (TPSA) is 26.3 Å². The lowest BCUT2D eigenvalue weighted by atomic mass is 9.94. The summed E-state index contributed by atoms with van der Waals surface area (Å²) in [7, 11) is -1.48. The van der Waals surface area contributed by atoms with Crippen LogP contribution in [-0.2, 0) is 9.53 Å². The lowest BCUT2D eigenvalue weighted by Crippen LogP contribution is -2.51. The summed E-state index contributed by atoms with van der Waals surface area (Å²) in [5, 5.41) is -0.268. The van der Waals surface area contributed by atoms with Crippen LogP contribution in [0.1, 0.15) is 26.7 Å². The molecule has 2 aliphatic rings. The molecule has 17 heavy (non-hydrogen) atoms. The van der Waals surface area contributed by atoms with Crippen LogP contribution in [0, 0.1) is 17.8 Å². The Morgan fingerprint density at radius 2 is 1.88 bits per heavy atom. The lowest BCUT2D eigenvalue weighted by molar-refractivity contribution is -0.156. The van der Waals surface area contributed by atoms with Crippen LogP contribution in [0.2, 0.25) is 19.6 Å². The smallest absolute Gasteiger partial charge is 0.309 e. The molecule has 0 saturated heterocycles. The van der Waals surface area contributed by atoms with Crippen LogP contribution in [0.15, 0.2) is 12.2 Å². The van der Waals surface area contributed by atoms with Gasteiger partial charge in [-0.3, -0.25) is 4.79 Å². The molecule has 3 heteroatoms. The second-order valence-electron chi connectivity index (χ2n) is 7.07. The van der Waals surface area contributed by atoms with Gasteiger partial charge in [-0.25, -0.2) is 0 Å². The van der Waals surface area contributed by atoms with Crippen molar-refractivity contribution in [3.05, 3.63) is 12.2 Å². The molecule has 0 spiro atoms. The Bertz CT molecular complexity index is 352. The van der Waals surface area contributed by atoms with Crippen molar-refractivity contribution in [3.8, 4) is 0 Å². The number of carbonyl (C=O) groups excluding carboxylic acids is 1. The van der Waals surface area contributed by atoms with Crippen LogP contribution in [0.3, 0.4) is 0 Å². The van der Waals surface area contributed by atoms with Crippen LogP contribution in [-0.4, -0.2) is 19.3 Å². The normalized spacial score (nSPS) is 31.9. The number of hydrogen-bond donors (Lipinski definition) is 0. The van der Waals surface area contributed by atoms with E-state index in [0.717, 1.165) is 12.8 Å². The number of hydrogen-bond acceptors (Lipinski definition) is 2. The fourth-order valence-electron chi connectivity index (χ4n) is 2.53. The van der Waals surface area contributed by atoms with E-state index in [2.05, 4.69) is 45.6 Å². The minimum absolute atomic E-state index is 0.0364. The number of carbonyl (C=O) groups is 1. The average Bonchev–Trinajstić information content (AvgIpc) is 2.75. The molecule has 0 aliphatic heterocycles. The lowest BCUT2D eigenvalue weighted by Gasteiger charge is -2.37. The molecule has 96 valence electrons. The van der Waals surface area contributed by atoms with Crippen molar-refractivity contribution >= 4 is 14.0 Å². The summed E-state index contributed by atoms with van der Waals surface area (Å²) in [5.74, 6) is 1.24. The summed E-state index contributed by atoms with van der Waals surface area (Å²) < 4.78 is 5.83. The molecule has 2 bridgehead atoms. The molecule has 2 nitrogen and oxygen atoms in total. The third-order valence-electron chi connectivity index (χ3n) is 4.74. The molecule has 1 saturated carbocycles. The van der Waals surface area contributed by atoms with Crippen molar-refractivity contribution in [2.45, 2.75) is 51.6 Å². The first-order valence-corrected chi connectivity index (χ1v) is 10.1. The largest absolute Gasteiger partial charge is 0.463 e. The fourth-order valence-corrected chi connectivity index (χ4v) is 2.94. The fraction of sp³-hybridized carbons (Fsp3) is 0.786. The Balaban J connectivity index is 2.01. The average molecular weight is 252 g/mol. The van der Waals surface area contributed by atoms with Crippen molar-refractivity contribution in [3.63, 3.8) is 0 Å². The second kappa shape index (κ2) is 3.97. The van der Waals surface area contributed by atoms with Gasteiger partial charge in [-0.15, -0.1) is 0 Å². The van der Waals surface area contributed by atoms with E-state index in [1.54, 1.807) is 0 Å². The van der Waals surface area contributed by atoms with Gasteiger partial charge in [-0.1, -0.05) is 31.8 Å². The zero-order chi connectivity index (χ0) is 12.8. The van der Waals surface area contributed by atoms with E-state index in [1.807, 2.05) is 0 Å². The number of ether oxygens (including phenoxy) is 1. The number of esters is 1. The van der Waals surface area contributed by atoms with Gasteiger partial charge in [0.05, 0.1) is 19.2 Å². The molecule has 0 radical (unpaired) electrons. The standard InChI is InChI=1S/C14H24O2Si/c1-14(2,17(3,4)5)16-13(15)12-9-10-6-7-11(12)8-10/h6-7,10-12H,8-9H2,1-5H3. The molecule has 0 N–H and O–H groups in total. The first-order chi connectivity index (χ1) is 7.71. The van der Waals surface area contributed by atoms with Gasteiger partial charge in [0, 0.05) is 0 Å². The van der Waals surface area contributed by atoms with Gasteiger partial charge in [0.2, 0.25) is 0 Å². The highest BCUT2D eigenvalue weighted by Crippen LogP contribution is 2.44. The Hall–Kier alpha value is -0.573. The molecule has 0 aromatic rings. The van der Waals surface area contributed by atoms with Gasteiger partial charge in [0.15, 0.2) is 0 Å². The zero-order valence-electron chi connectivity index (χ0n) is 11.6. The maximum absolute atomic E-state index is 12.3. The molecule has 0 aromatic carbocycles. The van der Waals surface area contributed by atoms with Gasteiger partial charge in [0.25, 0.3) is 0 Å². The molecule has 0 amide bonds. The first kappa shape index (κ1) is 12.9. The maximum Gasteiger partial charge on any atom is 0.309 e. The monoisotopic (exact) mass is 252 g/mol. The molecule has 1 fully saturated rings. The maximum atomic E-state index is 12.3. The quantitative estimate of drug-likeness (QED) is 0.437. The molecule has 0 heterocycles. The van der Waals surface area contributed by atoms with Gasteiger partial charge in [0.1, 0.15) is 0 Å². The molecule has 2 rings (SSSR count). The Morgan fingerprint density at radius 1 is 1.24 bits per heavy atom. The third-order valence-corrected chi connectivity index (χ3v) is 8.46. The van der Waals surface area contributed by atoms with E-state index in [1.165, 1.54) is 0 Å². The van der Waals surface area contributed by atoms with E-state index >= 15 is 0 Å².